The monoisotopic (exact) mass is 521 g/mol. The molecule has 2 rings (SSSR count). The van der Waals surface area contributed by atoms with Gasteiger partial charge >= 0.3 is 15.6 Å². The molecular formula is C18H32ClN3O8P2. The maximum Gasteiger partial charge on any atom is 0.466 e. The van der Waals surface area contributed by atoms with Crippen molar-refractivity contribution in [2.24, 2.45) is 0 Å². The van der Waals surface area contributed by atoms with Gasteiger partial charge in [0.05, 0.1) is 5.52 Å². The molecule has 0 saturated heterocycles. The zero-order valence-corrected chi connectivity index (χ0v) is 20.7. The minimum atomic E-state index is -4.64. The summed E-state index contributed by atoms with van der Waals surface area (Å²) in [7, 11) is -9.28. The lowest BCUT2D eigenvalue weighted by Gasteiger charge is -2.20. The summed E-state index contributed by atoms with van der Waals surface area (Å²) in [6, 6.07) is 8.35. The third-order valence-electron chi connectivity index (χ3n) is 4.11. The van der Waals surface area contributed by atoms with E-state index in [9.17, 15) is 0 Å². The Kier molecular flexibility index (Phi) is 14.4. The molecule has 14 heteroatoms. The summed E-state index contributed by atoms with van der Waals surface area (Å²) in [4.78, 5) is 50.0. The molecule has 0 saturated carbocycles. The van der Waals surface area contributed by atoms with Crippen molar-refractivity contribution in [1.82, 2.24) is 9.88 Å². The molecule has 1 unspecified atom stereocenters. The van der Waals surface area contributed by atoms with Gasteiger partial charge in [0.2, 0.25) is 0 Å². The van der Waals surface area contributed by atoms with E-state index < -0.39 is 15.6 Å². The van der Waals surface area contributed by atoms with Gasteiger partial charge < -0.3 is 39.6 Å². The molecule has 1 atom stereocenters. The van der Waals surface area contributed by atoms with E-state index in [1.165, 1.54) is 13.0 Å². The Hall–Kier alpha value is -1.10. The minimum absolute atomic E-state index is 0.442. The molecule has 1 aromatic heterocycles. The number of nitrogens with one attached hydrogen (secondary N) is 1. The van der Waals surface area contributed by atoms with Crippen molar-refractivity contribution in [3.63, 3.8) is 0 Å². The van der Waals surface area contributed by atoms with Crippen molar-refractivity contribution in [1.29, 1.82) is 0 Å². The molecule has 184 valence electrons. The van der Waals surface area contributed by atoms with E-state index in [0.29, 0.717) is 6.04 Å². The maximum atomic E-state index is 8.88. The number of anilines is 1. The summed E-state index contributed by atoms with van der Waals surface area (Å²) < 4.78 is 17.8. The summed E-state index contributed by atoms with van der Waals surface area (Å²) in [6.07, 6.45) is 4.21. The van der Waals surface area contributed by atoms with Crippen LogP contribution in [0, 0.1) is 0 Å². The lowest BCUT2D eigenvalue weighted by atomic mass is 10.1. The predicted molar refractivity (Wildman–Crippen MR) is 125 cm³/mol. The molecule has 32 heavy (non-hydrogen) atoms. The molecule has 0 fully saturated rings. The predicted octanol–water partition coefficient (Wildman–Crippen LogP) is 2.95. The van der Waals surface area contributed by atoms with Gasteiger partial charge in [0.1, 0.15) is 0 Å². The van der Waals surface area contributed by atoms with Crippen molar-refractivity contribution in [2.75, 3.05) is 25.0 Å². The number of hydrogen-bond donors (Lipinski definition) is 7. The van der Waals surface area contributed by atoms with Crippen molar-refractivity contribution >= 4 is 43.8 Å². The number of halogens is 1. The molecule has 7 N–H and O–H groups in total. The smallest absolute Gasteiger partial charge is 0.382 e. The Morgan fingerprint density at radius 3 is 2.06 bits per heavy atom. The molecule has 0 spiro atoms. The quantitative estimate of drug-likeness (QED) is 0.253. The van der Waals surface area contributed by atoms with Crippen molar-refractivity contribution in [3.8, 4) is 0 Å². The largest absolute Gasteiger partial charge is 0.466 e. The first kappa shape index (κ1) is 30.9. The molecule has 0 radical (unpaired) electrons. The number of rotatable bonds is 8. The van der Waals surface area contributed by atoms with E-state index in [1.54, 1.807) is 0 Å². The van der Waals surface area contributed by atoms with Crippen LogP contribution in [-0.2, 0) is 9.13 Å². The maximum absolute atomic E-state index is 8.88. The molecule has 0 aliphatic carbocycles. The van der Waals surface area contributed by atoms with E-state index in [1.807, 2.05) is 30.5 Å². The third-order valence-corrected chi connectivity index (χ3v) is 4.35. The SMILES string of the molecule is CCN(CC)CCCC(C)Nc1ccn[13c]2[13cH][13c](Cl)[13cH][13cH][13c]12.O=P(O)(O)O.O=P(O)(O)O. The highest BCUT2D eigenvalue weighted by atomic mass is 35.5. The Morgan fingerprint density at radius 1 is 1.03 bits per heavy atom. The fraction of sp³-hybridized carbons (Fsp3) is 0.500. The summed E-state index contributed by atoms with van der Waals surface area (Å²) in [5.41, 5.74) is 2.07. The van der Waals surface area contributed by atoms with E-state index in [0.717, 1.165) is 41.1 Å². The van der Waals surface area contributed by atoms with Crippen LogP contribution in [-0.4, -0.2) is 64.9 Å². The zero-order chi connectivity index (χ0) is 24.9. The molecule has 11 nitrogen and oxygen atoms in total. The standard InChI is InChI=1S/C18H26ClN3.2H3O4P/c1-4-22(5-2)12-6-7-14(3)21-17-10-11-20-18-13-15(19)8-9-16(17)18;2*1-5(2,3)4/h8-11,13-14H,4-7,12H2,1-3H3,(H,20,21);2*(H3,1,2,3,4)/i8+1,9+1,13+1,15+1,16+1,18+1;;. The van der Waals surface area contributed by atoms with Crippen LogP contribution in [0.25, 0.3) is 10.9 Å². The molecule has 1 aromatic carbocycles. The number of pyridine rings is 1. The average molecular weight is 522 g/mol. The lowest BCUT2D eigenvalue weighted by Crippen LogP contribution is -2.25. The second-order valence-electron chi connectivity index (χ2n) is 6.76. The fourth-order valence-electron chi connectivity index (χ4n) is 2.75. The molecule has 0 aliphatic heterocycles. The molecule has 2 aromatic rings. The Morgan fingerprint density at radius 2 is 1.56 bits per heavy atom. The minimum Gasteiger partial charge on any atom is -0.382 e. The van der Waals surface area contributed by atoms with E-state index in [2.05, 4.69) is 36.0 Å². The van der Waals surface area contributed by atoms with E-state index in [4.69, 9.17) is 50.1 Å². The van der Waals surface area contributed by atoms with Gasteiger partial charge in [0, 0.05) is 28.3 Å². The lowest BCUT2D eigenvalue weighted by molar-refractivity contribution is 0.272. The Bertz CT molecular complexity index is 868. The van der Waals surface area contributed by atoms with Gasteiger partial charge in [-0.05, 0) is 63.7 Å². The average Bonchev–Trinajstić information content (AvgIpc) is 2.62. The Balaban J connectivity index is 0.000000805. The van der Waals surface area contributed by atoms with Gasteiger partial charge in [0.25, 0.3) is 0 Å². The van der Waals surface area contributed by atoms with Crippen LogP contribution in [0.5, 0.6) is 0 Å². The van der Waals surface area contributed by atoms with Gasteiger partial charge in [0.15, 0.2) is 0 Å². The molecule has 0 amide bonds. The second-order valence-corrected chi connectivity index (χ2v) is 9.25. The van der Waals surface area contributed by atoms with Crippen LogP contribution in [0.15, 0.2) is 30.5 Å². The highest BCUT2D eigenvalue weighted by Crippen LogP contribution is 2.26. The van der Waals surface area contributed by atoms with Gasteiger partial charge in [-0.3, -0.25) is 4.98 Å². The van der Waals surface area contributed by atoms with Crippen LogP contribution < -0.4 is 5.32 Å². The number of fused-ring (bicyclic) bond motifs is 1. The van der Waals surface area contributed by atoms with E-state index in [-0.39, 0.29) is 0 Å². The number of aromatic nitrogens is 1. The number of phosphoric acid groups is 2. The number of hydrogen-bond acceptors (Lipinski definition) is 5. The highest BCUT2D eigenvalue weighted by Gasteiger charge is 2.07. The number of benzene rings is 1. The summed E-state index contributed by atoms with van der Waals surface area (Å²) >= 11 is 6.04. The summed E-state index contributed by atoms with van der Waals surface area (Å²) in [5, 5.41) is 5.47. The van der Waals surface area contributed by atoms with Crippen LogP contribution in [0.2, 0.25) is 5.02 Å². The molecule has 1 heterocycles. The van der Waals surface area contributed by atoms with Crippen LogP contribution in [0.1, 0.15) is 33.6 Å². The van der Waals surface area contributed by atoms with Crippen LogP contribution in [0.3, 0.4) is 0 Å². The summed E-state index contributed by atoms with van der Waals surface area (Å²) in [6.45, 7) is 10.1. The first-order valence-electron chi connectivity index (χ1n) is 9.73. The highest BCUT2D eigenvalue weighted by molar-refractivity contribution is 7.45. The third kappa shape index (κ3) is 17.5. The van der Waals surface area contributed by atoms with Gasteiger partial charge in [-0.2, -0.15) is 0 Å². The molecule has 0 aliphatic rings. The van der Waals surface area contributed by atoms with Crippen molar-refractivity contribution < 1.29 is 38.5 Å². The normalized spacial score (nSPS) is 12.5. The number of nitrogens with zero attached hydrogens (tertiary/aromatic N) is 2. The molecule has 0 bridgehead atoms. The van der Waals surface area contributed by atoms with E-state index >= 15 is 0 Å². The summed E-state index contributed by atoms with van der Waals surface area (Å²) in [5.74, 6) is 0. The Labute approximate surface area is 192 Å². The van der Waals surface area contributed by atoms with Crippen LogP contribution >= 0.6 is 27.2 Å². The van der Waals surface area contributed by atoms with Gasteiger partial charge in [-0.15, -0.1) is 0 Å². The second kappa shape index (κ2) is 14.9. The van der Waals surface area contributed by atoms with Gasteiger partial charge in [-0.25, -0.2) is 9.13 Å². The fourth-order valence-corrected chi connectivity index (χ4v) is 2.91. The zero-order valence-electron chi connectivity index (χ0n) is 18.2. The van der Waals surface area contributed by atoms with Gasteiger partial charge in [-0.1, -0.05) is 25.4 Å². The first-order chi connectivity index (χ1) is 14.6. The van der Waals surface area contributed by atoms with Crippen molar-refractivity contribution in [2.45, 2.75) is 39.7 Å². The first-order valence-corrected chi connectivity index (χ1v) is 13.2. The van der Waals surface area contributed by atoms with Crippen LogP contribution in [0.4, 0.5) is 5.69 Å². The topological polar surface area (TPSA) is 184 Å². The van der Waals surface area contributed by atoms with Crippen molar-refractivity contribution in [3.05, 3.63) is 35.5 Å². The molecular weight excluding hydrogens is 490 g/mol.